The van der Waals surface area contributed by atoms with E-state index in [1.807, 2.05) is 18.2 Å². The van der Waals surface area contributed by atoms with Crippen molar-refractivity contribution < 1.29 is 13.6 Å². The molecule has 0 aliphatic rings. The molecule has 0 heterocycles. The van der Waals surface area contributed by atoms with Gasteiger partial charge in [-0.25, -0.2) is 0 Å². The molecule has 0 bridgehead atoms. The Morgan fingerprint density at radius 3 is 1.45 bits per heavy atom. The van der Waals surface area contributed by atoms with Crippen molar-refractivity contribution in [1.82, 2.24) is 0 Å². The zero-order valence-corrected chi connectivity index (χ0v) is 21.6. The topological polar surface area (TPSA) is 27.7 Å². The Morgan fingerprint density at radius 1 is 0.581 bits per heavy atom. The predicted molar refractivity (Wildman–Crippen MR) is 136 cm³/mol. The molecule has 0 aliphatic heterocycles. The van der Waals surface area contributed by atoms with Gasteiger partial charge in [-0.1, -0.05) is 122 Å². The first kappa shape index (κ1) is 28.4. The Morgan fingerprint density at radius 2 is 1.00 bits per heavy atom. The molecule has 0 aromatic heterocycles. The monoisotopic (exact) mass is 452 g/mol. The third-order valence-corrected chi connectivity index (χ3v) is 6.79. The molecule has 0 aliphatic carbocycles. The highest BCUT2D eigenvalue weighted by atomic mass is 31.2. The van der Waals surface area contributed by atoms with Gasteiger partial charge in [0.2, 0.25) is 0 Å². The van der Waals surface area contributed by atoms with Crippen LogP contribution in [-0.4, -0.2) is 13.2 Å². The van der Waals surface area contributed by atoms with Gasteiger partial charge in [-0.05, 0) is 31.4 Å². The van der Waals surface area contributed by atoms with E-state index in [1.54, 1.807) is 0 Å². The molecular formula is C27H49O3P. The van der Waals surface area contributed by atoms with Crippen LogP contribution in [0.2, 0.25) is 0 Å². The lowest BCUT2D eigenvalue weighted by Gasteiger charge is -2.18. The smallest absolute Gasteiger partial charge is 0.397 e. The zero-order chi connectivity index (χ0) is 22.4. The van der Waals surface area contributed by atoms with Gasteiger partial charge in [-0.2, -0.15) is 0 Å². The van der Waals surface area contributed by atoms with Crippen LogP contribution in [0.15, 0.2) is 24.3 Å². The first-order chi connectivity index (χ1) is 15.3. The standard InChI is InChI=1S/C27H49O3P/c1-4-6-8-10-12-14-16-20-24-28-31(30-27-23-19-18-22-26(27)3)29-25-21-17-15-13-11-9-7-5-2/h18-19,22-23H,4-17,20-21,24-25H2,1-3H3. The number of aryl methyl sites for hydroxylation is 1. The van der Waals surface area contributed by atoms with Gasteiger partial charge in [0.1, 0.15) is 5.75 Å². The van der Waals surface area contributed by atoms with E-state index in [-0.39, 0.29) is 0 Å². The highest BCUT2D eigenvalue weighted by molar-refractivity contribution is 7.42. The molecule has 180 valence electrons. The second-order valence-electron chi connectivity index (χ2n) is 8.70. The fraction of sp³-hybridized carbons (Fsp3) is 0.778. The molecular weight excluding hydrogens is 403 g/mol. The van der Waals surface area contributed by atoms with E-state index in [4.69, 9.17) is 13.6 Å². The number of unbranched alkanes of at least 4 members (excludes halogenated alkanes) is 14. The molecule has 3 nitrogen and oxygen atoms in total. The predicted octanol–water partition coefficient (Wildman–Crippen LogP) is 9.92. The fourth-order valence-corrected chi connectivity index (χ4v) is 4.68. The third-order valence-electron chi connectivity index (χ3n) is 5.66. The molecule has 0 saturated carbocycles. The van der Waals surface area contributed by atoms with Gasteiger partial charge in [-0.15, -0.1) is 0 Å². The van der Waals surface area contributed by atoms with Crippen LogP contribution < -0.4 is 4.52 Å². The van der Waals surface area contributed by atoms with Gasteiger partial charge < -0.3 is 13.6 Å². The van der Waals surface area contributed by atoms with Crippen LogP contribution in [0.25, 0.3) is 0 Å². The second-order valence-corrected chi connectivity index (χ2v) is 9.84. The van der Waals surface area contributed by atoms with Gasteiger partial charge in [0, 0.05) is 0 Å². The normalized spacial score (nSPS) is 11.4. The summed E-state index contributed by atoms with van der Waals surface area (Å²) in [6, 6.07) is 8.12. The lowest BCUT2D eigenvalue weighted by atomic mass is 10.1. The van der Waals surface area contributed by atoms with E-state index in [9.17, 15) is 0 Å². The minimum Gasteiger partial charge on any atom is -0.426 e. The molecule has 4 heteroatoms. The molecule has 0 saturated heterocycles. The van der Waals surface area contributed by atoms with E-state index in [2.05, 4.69) is 26.8 Å². The van der Waals surface area contributed by atoms with Crippen molar-refractivity contribution in [2.75, 3.05) is 13.2 Å². The van der Waals surface area contributed by atoms with Crippen molar-refractivity contribution in [3.63, 3.8) is 0 Å². The molecule has 0 N–H and O–H groups in total. The number of para-hydroxylation sites is 1. The Labute approximate surface area is 194 Å². The van der Waals surface area contributed by atoms with Crippen molar-refractivity contribution in [3.05, 3.63) is 29.8 Å². The van der Waals surface area contributed by atoms with E-state index in [0.29, 0.717) is 0 Å². The maximum Gasteiger partial charge on any atom is 0.397 e. The van der Waals surface area contributed by atoms with Crippen LogP contribution in [0.5, 0.6) is 5.75 Å². The molecule has 1 aromatic rings. The van der Waals surface area contributed by atoms with Crippen LogP contribution in [0.1, 0.15) is 122 Å². The van der Waals surface area contributed by atoms with Gasteiger partial charge >= 0.3 is 8.60 Å². The lowest BCUT2D eigenvalue weighted by Crippen LogP contribution is -2.02. The largest absolute Gasteiger partial charge is 0.426 e. The van der Waals surface area contributed by atoms with E-state index in [0.717, 1.165) is 37.4 Å². The summed E-state index contributed by atoms with van der Waals surface area (Å²) >= 11 is 0. The first-order valence-corrected chi connectivity index (χ1v) is 14.2. The fourth-order valence-electron chi connectivity index (χ4n) is 3.58. The first-order valence-electron chi connectivity index (χ1n) is 13.1. The van der Waals surface area contributed by atoms with Crippen LogP contribution in [-0.2, 0) is 9.05 Å². The summed E-state index contributed by atoms with van der Waals surface area (Å²) in [6.07, 6.45) is 20.9. The van der Waals surface area contributed by atoms with Crippen LogP contribution >= 0.6 is 8.60 Å². The lowest BCUT2D eigenvalue weighted by molar-refractivity contribution is 0.198. The van der Waals surface area contributed by atoms with E-state index < -0.39 is 8.60 Å². The van der Waals surface area contributed by atoms with Gasteiger partial charge in [0.05, 0.1) is 13.2 Å². The number of hydrogen-bond acceptors (Lipinski definition) is 3. The maximum absolute atomic E-state index is 6.11. The summed E-state index contributed by atoms with van der Waals surface area (Å²) in [6.45, 7) is 8.06. The molecule has 0 fully saturated rings. The summed E-state index contributed by atoms with van der Waals surface area (Å²) in [5.41, 5.74) is 1.13. The quantitative estimate of drug-likeness (QED) is 0.129. The van der Waals surface area contributed by atoms with Crippen molar-refractivity contribution in [2.24, 2.45) is 0 Å². The molecule has 1 aromatic carbocycles. The molecule has 0 radical (unpaired) electrons. The minimum absolute atomic E-state index is 0.726. The SMILES string of the molecule is CCCCCCCCCCOP(OCCCCCCCCCC)Oc1ccccc1C. The van der Waals surface area contributed by atoms with Crippen LogP contribution in [0.3, 0.4) is 0 Å². The van der Waals surface area contributed by atoms with Gasteiger partial charge in [0.25, 0.3) is 0 Å². The van der Waals surface area contributed by atoms with Crippen molar-refractivity contribution in [3.8, 4) is 5.75 Å². The summed E-state index contributed by atoms with van der Waals surface area (Å²) in [7, 11) is -1.32. The van der Waals surface area contributed by atoms with Crippen LogP contribution in [0.4, 0.5) is 0 Å². The maximum atomic E-state index is 6.11. The average Bonchev–Trinajstić information content (AvgIpc) is 2.78. The highest BCUT2D eigenvalue weighted by Crippen LogP contribution is 2.42. The van der Waals surface area contributed by atoms with E-state index in [1.165, 1.54) is 89.9 Å². The summed E-state index contributed by atoms with van der Waals surface area (Å²) in [5, 5.41) is 0. The Balaban J connectivity index is 2.22. The molecule has 1 rings (SSSR count). The molecule has 0 spiro atoms. The average molecular weight is 453 g/mol. The molecule has 0 unspecified atom stereocenters. The molecule has 0 amide bonds. The summed E-state index contributed by atoms with van der Waals surface area (Å²) < 4.78 is 18.2. The number of hydrogen-bond donors (Lipinski definition) is 0. The molecule has 0 atom stereocenters. The van der Waals surface area contributed by atoms with Crippen molar-refractivity contribution >= 4 is 8.60 Å². The Bertz CT molecular complexity index is 487. The summed E-state index contributed by atoms with van der Waals surface area (Å²) in [5.74, 6) is 0.875. The van der Waals surface area contributed by atoms with Gasteiger partial charge in [-0.3, -0.25) is 0 Å². The third kappa shape index (κ3) is 16.6. The van der Waals surface area contributed by atoms with Gasteiger partial charge in [0.15, 0.2) is 0 Å². The van der Waals surface area contributed by atoms with Crippen LogP contribution in [0, 0.1) is 6.92 Å². The van der Waals surface area contributed by atoms with Crippen molar-refractivity contribution in [2.45, 2.75) is 124 Å². The van der Waals surface area contributed by atoms with E-state index >= 15 is 0 Å². The Kier molecular flexibility index (Phi) is 19.4. The number of rotatable bonds is 22. The minimum atomic E-state index is -1.32. The second kappa shape index (κ2) is 21.2. The highest BCUT2D eigenvalue weighted by Gasteiger charge is 2.15. The number of benzene rings is 1. The van der Waals surface area contributed by atoms with Crippen molar-refractivity contribution in [1.29, 1.82) is 0 Å². The Hall–Kier alpha value is -0.630. The zero-order valence-electron chi connectivity index (χ0n) is 20.7. The summed E-state index contributed by atoms with van der Waals surface area (Å²) in [4.78, 5) is 0. The molecule has 31 heavy (non-hydrogen) atoms.